The molecule has 0 N–H and O–H groups in total. The van der Waals surface area contributed by atoms with Crippen molar-refractivity contribution in [3.63, 3.8) is 0 Å². The summed E-state index contributed by atoms with van der Waals surface area (Å²) in [5.41, 5.74) is 1.41. The third kappa shape index (κ3) is 4.69. The lowest BCUT2D eigenvalue weighted by atomic mass is 9.84. The van der Waals surface area contributed by atoms with Crippen molar-refractivity contribution >= 4 is 8.32 Å². The van der Waals surface area contributed by atoms with Gasteiger partial charge in [0, 0.05) is 6.04 Å². The molecule has 24 heavy (non-hydrogen) atoms. The fraction of sp³-hybridized carbons (Fsp3) is 0.650. The second-order valence-electron chi connectivity index (χ2n) is 8.90. The predicted octanol–water partition coefficient (Wildman–Crippen LogP) is 4.98. The number of nitriles is 1. The van der Waals surface area contributed by atoms with E-state index in [2.05, 4.69) is 75.6 Å². The molecule has 0 amide bonds. The monoisotopic (exact) mass is 344 g/mol. The van der Waals surface area contributed by atoms with Crippen LogP contribution in [0.15, 0.2) is 30.3 Å². The zero-order chi connectivity index (χ0) is 18.0. The van der Waals surface area contributed by atoms with Gasteiger partial charge in [-0.25, -0.2) is 0 Å². The Morgan fingerprint density at radius 1 is 1.21 bits per heavy atom. The highest BCUT2D eigenvalue weighted by atomic mass is 28.4. The Bertz CT molecular complexity index is 568. The van der Waals surface area contributed by atoms with Crippen LogP contribution in [0.2, 0.25) is 19.6 Å². The number of rotatable bonds is 5. The van der Waals surface area contributed by atoms with Crippen LogP contribution in [0, 0.1) is 16.7 Å². The van der Waals surface area contributed by atoms with Gasteiger partial charge >= 0.3 is 0 Å². The Hall–Kier alpha value is -1.15. The van der Waals surface area contributed by atoms with Gasteiger partial charge < -0.3 is 4.43 Å². The molecule has 0 aromatic heterocycles. The minimum absolute atomic E-state index is 0.0235. The molecule has 1 aromatic rings. The largest absolute Gasteiger partial charge is 0.416 e. The molecule has 2 rings (SSSR count). The van der Waals surface area contributed by atoms with E-state index in [-0.39, 0.29) is 17.5 Å². The molecule has 3 nitrogen and oxygen atoms in total. The van der Waals surface area contributed by atoms with Crippen molar-refractivity contribution in [2.24, 2.45) is 5.41 Å². The van der Waals surface area contributed by atoms with Crippen LogP contribution in [0.25, 0.3) is 0 Å². The minimum Gasteiger partial charge on any atom is -0.416 e. The van der Waals surface area contributed by atoms with Gasteiger partial charge in [-0.2, -0.15) is 5.26 Å². The van der Waals surface area contributed by atoms with Crippen molar-refractivity contribution in [2.75, 3.05) is 6.61 Å². The summed E-state index contributed by atoms with van der Waals surface area (Å²) in [6.45, 7) is 14.2. The lowest BCUT2D eigenvalue weighted by Crippen LogP contribution is -2.47. The molecule has 0 bridgehead atoms. The van der Waals surface area contributed by atoms with Gasteiger partial charge in [0.1, 0.15) is 0 Å². The van der Waals surface area contributed by atoms with E-state index in [1.54, 1.807) is 0 Å². The topological polar surface area (TPSA) is 36.3 Å². The summed E-state index contributed by atoms with van der Waals surface area (Å²) in [6.07, 6.45) is 2.03. The van der Waals surface area contributed by atoms with Gasteiger partial charge in [0.25, 0.3) is 0 Å². The molecular formula is C20H32N2OSi. The first kappa shape index (κ1) is 19.2. The number of benzene rings is 1. The van der Waals surface area contributed by atoms with Crippen LogP contribution in [-0.2, 0) is 4.43 Å². The normalized spacial score (nSPS) is 23.9. The van der Waals surface area contributed by atoms with Crippen LogP contribution in [0.1, 0.15) is 45.2 Å². The molecule has 1 aliphatic heterocycles. The van der Waals surface area contributed by atoms with Gasteiger partial charge in [0.2, 0.25) is 0 Å². The highest BCUT2D eigenvalue weighted by molar-refractivity contribution is 6.69. The molecule has 0 unspecified atom stereocenters. The molecular weight excluding hydrogens is 312 g/mol. The molecule has 1 aliphatic rings. The second-order valence-corrected chi connectivity index (χ2v) is 13.4. The van der Waals surface area contributed by atoms with Crippen LogP contribution in [0.5, 0.6) is 0 Å². The van der Waals surface area contributed by atoms with Crippen LogP contribution in [-0.4, -0.2) is 31.9 Å². The van der Waals surface area contributed by atoms with Gasteiger partial charge in [-0.1, -0.05) is 51.1 Å². The maximum absolute atomic E-state index is 9.72. The number of hydrogen-bond donors (Lipinski definition) is 0. The Morgan fingerprint density at radius 3 is 2.33 bits per heavy atom. The summed E-state index contributed by atoms with van der Waals surface area (Å²) in [7, 11) is -1.61. The second kappa shape index (κ2) is 7.39. The van der Waals surface area contributed by atoms with E-state index in [1.807, 2.05) is 6.07 Å². The van der Waals surface area contributed by atoms with Crippen molar-refractivity contribution < 1.29 is 4.43 Å². The Balaban J connectivity index is 2.38. The number of likely N-dealkylation sites (tertiary alicyclic amines) is 1. The zero-order valence-corrected chi connectivity index (χ0v) is 17.0. The first-order valence-corrected chi connectivity index (χ1v) is 12.4. The zero-order valence-electron chi connectivity index (χ0n) is 16.0. The molecule has 132 valence electrons. The molecule has 0 aliphatic carbocycles. The first-order chi connectivity index (χ1) is 11.1. The summed E-state index contributed by atoms with van der Waals surface area (Å²) >= 11 is 0. The van der Waals surface area contributed by atoms with Crippen LogP contribution in [0.3, 0.4) is 0 Å². The number of hydrogen-bond acceptors (Lipinski definition) is 3. The Labute approximate surface area is 148 Å². The summed E-state index contributed by atoms with van der Waals surface area (Å²) in [4.78, 5) is 2.44. The average Bonchev–Trinajstić information content (AvgIpc) is 2.91. The van der Waals surface area contributed by atoms with Gasteiger partial charge in [-0.3, -0.25) is 4.90 Å². The predicted molar refractivity (Wildman–Crippen MR) is 102 cm³/mol. The maximum atomic E-state index is 9.72. The fourth-order valence-electron chi connectivity index (χ4n) is 3.64. The highest BCUT2D eigenvalue weighted by Gasteiger charge is 2.44. The van der Waals surface area contributed by atoms with Crippen molar-refractivity contribution in [3.05, 3.63) is 35.9 Å². The standard InChI is InChI=1S/C20H32N2OSi/c1-20(2,3)19-13-12-17(14-21)22(19)18(15-23-24(4,5)6)16-10-8-7-9-11-16/h7-11,17-19H,12-13,15H2,1-6H3/t17-,18+,19-/m0/s1. The van der Waals surface area contributed by atoms with E-state index in [9.17, 15) is 5.26 Å². The van der Waals surface area contributed by atoms with Crippen molar-refractivity contribution in [1.29, 1.82) is 5.26 Å². The summed E-state index contributed by atoms with van der Waals surface area (Å²) in [6, 6.07) is 13.6. The van der Waals surface area contributed by atoms with E-state index in [0.717, 1.165) is 12.8 Å². The minimum atomic E-state index is -1.61. The molecule has 1 saturated heterocycles. The number of nitrogens with zero attached hydrogens (tertiary/aromatic N) is 2. The molecule has 0 spiro atoms. The molecule has 1 heterocycles. The van der Waals surface area contributed by atoms with Crippen LogP contribution < -0.4 is 0 Å². The molecule has 4 heteroatoms. The average molecular weight is 345 g/mol. The third-order valence-electron chi connectivity index (χ3n) is 4.80. The Morgan fingerprint density at radius 2 is 1.83 bits per heavy atom. The first-order valence-electron chi connectivity index (χ1n) is 8.99. The van der Waals surface area contributed by atoms with Crippen LogP contribution in [0.4, 0.5) is 0 Å². The van der Waals surface area contributed by atoms with Gasteiger partial charge in [0.15, 0.2) is 8.32 Å². The van der Waals surface area contributed by atoms with E-state index < -0.39 is 8.32 Å². The summed E-state index contributed by atoms with van der Waals surface area (Å²) in [5.74, 6) is 0. The smallest absolute Gasteiger partial charge is 0.183 e. The quantitative estimate of drug-likeness (QED) is 0.707. The lowest BCUT2D eigenvalue weighted by molar-refractivity contribution is 0.0508. The summed E-state index contributed by atoms with van der Waals surface area (Å²) < 4.78 is 6.30. The van der Waals surface area contributed by atoms with E-state index in [1.165, 1.54) is 5.56 Å². The van der Waals surface area contributed by atoms with Gasteiger partial charge in [-0.05, 0) is 43.5 Å². The fourth-order valence-corrected chi connectivity index (χ4v) is 4.29. The molecule has 0 saturated carbocycles. The third-order valence-corrected chi connectivity index (χ3v) is 5.83. The van der Waals surface area contributed by atoms with Crippen molar-refractivity contribution in [2.45, 2.75) is 71.4 Å². The summed E-state index contributed by atoms with van der Waals surface area (Å²) in [5, 5.41) is 9.72. The van der Waals surface area contributed by atoms with Gasteiger partial charge in [-0.15, -0.1) is 0 Å². The van der Waals surface area contributed by atoms with E-state index >= 15 is 0 Å². The van der Waals surface area contributed by atoms with Gasteiger partial charge in [0.05, 0.1) is 24.8 Å². The van der Waals surface area contributed by atoms with E-state index in [0.29, 0.717) is 12.6 Å². The SMILES string of the molecule is CC(C)(C)[C@@H]1CC[C@@H](C#N)N1[C@H](CO[Si](C)(C)C)c1ccccc1. The molecule has 1 aromatic carbocycles. The maximum Gasteiger partial charge on any atom is 0.183 e. The van der Waals surface area contributed by atoms with E-state index in [4.69, 9.17) is 4.43 Å². The molecule has 1 fully saturated rings. The molecule has 3 atom stereocenters. The Kier molecular flexibility index (Phi) is 5.90. The van der Waals surface area contributed by atoms with Crippen LogP contribution >= 0.6 is 0 Å². The van der Waals surface area contributed by atoms with Crippen molar-refractivity contribution in [3.8, 4) is 6.07 Å². The highest BCUT2D eigenvalue weighted by Crippen LogP contribution is 2.41. The molecule has 0 radical (unpaired) electrons. The van der Waals surface area contributed by atoms with Crippen molar-refractivity contribution in [1.82, 2.24) is 4.90 Å². The lowest BCUT2D eigenvalue weighted by Gasteiger charge is -2.42.